The van der Waals surface area contributed by atoms with Gasteiger partial charge in [0.05, 0.1) is 32.6 Å². The SMILES string of the molecule is C.CCOC(=O)CC1(O)CCCc2cc(S(=O)(=O)c3ccccc3)ccc21.O=C1CCCc2cc(S(=O)(=O)c3ccccc3)ccc21. The number of rotatable bonds is 7. The summed E-state index contributed by atoms with van der Waals surface area (Å²) in [6.45, 7) is 1.98. The summed E-state index contributed by atoms with van der Waals surface area (Å²) in [5, 5.41) is 11.0. The molecular formula is C37H40O8S2. The molecule has 0 aliphatic heterocycles. The van der Waals surface area contributed by atoms with Gasteiger partial charge in [0.2, 0.25) is 19.7 Å². The largest absolute Gasteiger partial charge is 0.466 e. The zero-order valence-electron chi connectivity index (χ0n) is 25.5. The van der Waals surface area contributed by atoms with Crippen molar-refractivity contribution in [2.24, 2.45) is 0 Å². The molecule has 0 fully saturated rings. The molecule has 0 aromatic heterocycles. The minimum Gasteiger partial charge on any atom is -0.466 e. The smallest absolute Gasteiger partial charge is 0.309 e. The molecular weight excluding hydrogens is 637 g/mol. The van der Waals surface area contributed by atoms with Crippen LogP contribution in [0.4, 0.5) is 0 Å². The Labute approximate surface area is 277 Å². The highest BCUT2D eigenvalue weighted by molar-refractivity contribution is 7.91. The van der Waals surface area contributed by atoms with Crippen LogP contribution in [0.5, 0.6) is 0 Å². The average molecular weight is 677 g/mol. The van der Waals surface area contributed by atoms with Crippen LogP contribution in [0.1, 0.15) is 73.5 Å². The summed E-state index contributed by atoms with van der Waals surface area (Å²) in [6, 6.07) is 26.2. The highest BCUT2D eigenvalue weighted by Gasteiger charge is 2.37. The van der Waals surface area contributed by atoms with Crippen LogP contribution in [0.15, 0.2) is 117 Å². The molecule has 0 amide bonds. The average Bonchev–Trinajstić information content (AvgIpc) is 3.06. The van der Waals surface area contributed by atoms with Crippen molar-refractivity contribution in [1.82, 2.24) is 0 Å². The van der Waals surface area contributed by atoms with Crippen molar-refractivity contribution in [2.75, 3.05) is 6.61 Å². The van der Waals surface area contributed by atoms with E-state index in [9.17, 15) is 31.5 Å². The zero-order valence-corrected chi connectivity index (χ0v) is 27.1. The molecule has 1 atom stereocenters. The van der Waals surface area contributed by atoms with Crippen molar-refractivity contribution in [1.29, 1.82) is 0 Å². The number of Topliss-reactive ketones (excluding diaryl/α,β-unsaturated/α-hetero) is 1. The number of ether oxygens (including phenoxy) is 1. The Hall–Kier alpha value is -4.12. The molecule has 4 aromatic carbocycles. The molecule has 47 heavy (non-hydrogen) atoms. The van der Waals surface area contributed by atoms with E-state index >= 15 is 0 Å². The van der Waals surface area contributed by atoms with Crippen molar-refractivity contribution in [3.05, 3.63) is 119 Å². The van der Waals surface area contributed by atoms with Gasteiger partial charge in [-0.2, -0.15) is 0 Å². The number of ketones is 1. The maximum Gasteiger partial charge on any atom is 0.309 e. The monoisotopic (exact) mass is 676 g/mol. The molecule has 0 heterocycles. The highest BCUT2D eigenvalue weighted by atomic mass is 32.2. The van der Waals surface area contributed by atoms with Crippen molar-refractivity contribution in [3.8, 4) is 0 Å². The van der Waals surface area contributed by atoms with E-state index in [2.05, 4.69) is 0 Å². The van der Waals surface area contributed by atoms with Crippen molar-refractivity contribution in [3.63, 3.8) is 0 Å². The van der Waals surface area contributed by atoms with Gasteiger partial charge in [0, 0.05) is 12.0 Å². The number of carbonyl (C=O) groups is 2. The number of sulfone groups is 2. The van der Waals surface area contributed by atoms with Crippen LogP contribution in [0, 0.1) is 0 Å². The summed E-state index contributed by atoms with van der Waals surface area (Å²) >= 11 is 0. The molecule has 4 aromatic rings. The quantitative estimate of drug-likeness (QED) is 0.215. The Morgan fingerprint density at radius 2 is 1.26 bits per heavy atom. The van der Waals surface area contributed by atoms with Crippen LogP contribution in [0.2, 0.25) is 0 Å². The van der Waals surface area contributed by atoms with Crippen LogP contribution < -0.4 is 0 Å². The number of hydrogen-bond acceptors (Lipinski definition) is 8. The Balaban J connectivity index is 0.000000215. The van der Waals surface area contributed by atoms with Crippen molar-refractivity contribution >= 4 is 31.4 Å². The van der Waals surface area contributed by atoms with Gasteiger partial charge >= 0.3 is 5.97 Å². The summed E-state index contributed by atoms with van der Waals surface area (Å²) in [6.07, 6.45) is 3.77. The minimum absolute atomic E-state index is 0. The summed E-state index contributed by atoms with van der Waals surface area (Å²) in [7, 11) is -7.12. The van der Waals surface area contributed by atoms with Gasteiger partial charge in [0.1, 0.15) is 5.60 Å². The maximum absolute atomic E-state index is 12.8. The molecule has 1 N–H and O–H groups in total. The molecule has 6 rings (SSSR count). The van der Waals surface area contributed by atoms with Crippen molar-refractivity contribution < 1.29 is 36.3 Å². The number of esters is 1. The number of aryl methyl sites for hydroxylation is 2. The first-order valence-corrected chi connectivity index (χ1v) is 18.2. The van der Waals surface area contributed by atoms with Gasteiger partial charge in [-0.25, -0.2) is 16.8 Å². The number of fused-ring (bicyclic) bond motifs is 2. The molecule has 0 saturated carbocycles. The van der Waals surface area contributed by atoms with Gasteiger partial charge in [0.15, 0.2) is 5.78 Å². The van der Waals surface area contributed by atoms with Crippen LogP contribution in [-0.4, -0.2) is 40.3 Å². The van der Waals surface area contributed by atoms with Gasteiger partial charge in [0.25, 0.3) is 0 Å². The predicted molar refractivity (Wildman–Crippen MR) is 179 cm³/mol. The van der Waals surface area contributed by atoms with Gasteiger partial charge in [-0.3, -0.25) is 9.59 Å². The highest BCUT2D eigenvalue weighted by Crippen LogP contribution is 2.39. The van der Waals surface area contributed by atoms with E-state index in [0.29, 0.717) is 36.8 Å². The van der Waals surface area contributed by atoms with Gasteiger partial charge < -0.3 is 9.84 Å². The normalized spacial score (nSPS) is 17.2. The first-order valence-electron chi connectivity index (χ1n) is 15.2. The molecule has 1 unspecified atom stereocenters. The number of benzene rings is 4. The molecule has 2 aliphatic rings. The molecule has 2 aliphatic carbocycles. The Bertz CT molecular complexity index is 1950. The van der Waals surface area contributed by atoms with Crippen LogP contribution >= 0.6 is 0 Å². The summed E-state index contributed by atoms with van der Waals surface area (Å²) in [5.41, 5.74) is 1.58. The summed E-state index contributed by atoms with van der Waals surface area (Å²) in [4.78, 5) is 24.6. The molecule has 0 radical (unpaired) electrons. The molecule has 248 valence electrons. The van der Waals surface area contributed by atoms with Crippen LogP contribution in [0.3, 0.4) is 0 Å². The molecule has 10 heteroatoms. The minimum atomic E-state index is -3.61. The van der Waals surface area contributed by atoms with E-state index in [-0.39, 0.29) is 45.8 Å². The van der Waals surface area contributed by atoms with Crippen LogP contribution in [-0.2, 0) is 47.6 Å². The fourth-order valence-electron chi connectivity index (χ4n) is 6.00. The van der Waals surface area contributed by atoms with Crippen molar-refractivity contribution in [2.45, 2.75) is 84.5 Å². The maximum atomic E-state index is 12.8. The Morgan fingerprint density at radius 1 is 0.723 bits per heavy atom. The summed E-state index contributed by atoms with van der Waals surface area (Å²) < 4.78 is 55.6. The standard InChI is InChI=1S/C20H22O5S.C16H14O3S.CH4/c1-2-25-19(21)14-20(22)12-6-7-15-13-17(10-11-18(15)20)26(23,24)16-8-4-3-5-9-16;17-16-8-4-5-12-11-14(9-10-15(12)16)20(18,19)13-6-2-1-3-7-13;/h3-5,8-11,13,22H,2,6-7,12,14H2,1H3;1-3,6-7,9-11H,4-5,8H2;1H4. The van der Waals surface area contributed by atoms with Gasteiger partial charge in [-0.15, -0.1) is 0 Å². The predicted octanol–water partition coefficient (Wildman–Crippen LogP) is 6.67. The second-order valence-electron chi connectivity index (χ2n) is 11.4. The fourth-order valence-corrected chi connectivity index (χ4v) is 8.66. The number of hydrogen-bond donors (Lipinski definition) is 1. The van der Waals surface area contributed by atoms with Gasteiger partial charge in [-0.05, 0) is 110 Å². The number of aliphatic hydroxyl groups is 1. The third-order valence-corrected chi connectivity index (χ3v) is 11.8. The second-order valence-corrected chi connectivity index (χ2v) is 15.3. The molecule has 0 spiro atoms. The molecule has 8 nitrogen and oxygen atoms in total. The lowest BCUT2D eigenvalue weighted by Gasteiger charge is -2.34. The lowest BCUT2D eigenvalue weighted by molar-refractivity contribution is -0.149. The number of carbonyl (C=O) groups excluding carboxylic acids is 2. The zero-order chi connectivity index (χ0) is 33.0. The molecule has 0 saturated heterocycles. The van der Waals surface area contributed by atoms with E-state index in [1.807, 2.05) is 0 Å². The molecule has 0 bridgehead atoms. The van der Waals surface area contributed by atoms with E-state index in [4.69, 9.17) is 4.74 Å². The Kier molecular flexibility index (Phi) is 11.2. The fraction of sp³-hybridized carbons (Fsp3) is 0.297. The van der Waals surface area contributed by atoms with E-state index in [1.165, 1.54) is 12.1 Å². The van der Waals surface area contributed by atoms with Gasteiger partial charge in [-0.1, -0.05) is 49.9 Å². The topological polar surface area (TPSA) is 132 Å². The lowest BCUT2D eigenvalue weighted by atomic mass is 9.77. The lowest BCUT2D eigenvalue weighted by Crippen LogP contribution is -2.34. The summed E-state index contributed by atoms with van der Waals surface area (Å²) in [5.74, 6) is -0.348. The van der Waals surface area contributed by atoms with Crippen LogP contribution in [0.25, 0.3) is 0 Å². The first-order chi connectivity index (χ1) is 22.0. The third kappa shape index (κ3) is 7.72. The Morgan fingerprint density at radius 3 is 1.83 bits per heavy atom. The van der Waals surface area contributed by atoms with E-state index < -0.39 is 31.2 Å². The second kappa shape index (κ2) is 14.8. The first kappa shape index (κ1) is 35.7. The third-order valence-electron chi connectivity index (χ3n) is 8.31. The van der Waals surface area contributed by atoms with E-state index in [0.717, 1.165) is 24.0 Å². The van der Waals surface area contributed by atoms with E-state index in [1.54, 1.807) is 91.9 Å².